The number of hydrogen-bond donors (Lipinski definition) is 1. The minimum atomic E-state index is 0.574. The van der Waals surface area contributed by atoms with E-state index in [1.807, 2.05) is 43.4 Å². The van der Waals surface area contributed by atoms with Gasteiger partial charge in [0.15, 0.2) is 17.5 Å². The lowest BCUT2D eigenvalue weighted by molar-refractivity contribution is 0.354. The number of aliphatic imine (C=N–C) groups is 1. The molecule has 2 aromatic rings. The molecule has 0 unspecified atom stereocenters. The number of benzene rings is 1. The molecular weight excluding hydrogens is 366 g/mol. The van der Waals surface area contributed by atoms with Crippen molar-refractivity contribution in [2.75, 3.05) is 53.4 Å². The summed E-state index contributed by atoms with van der Waals surface area (Å²) >= 11 is 0. The second-order valence-electron chi connectivity index (χ2n) is 6.91. The second-order valence-corrected chi connectivity index (χ2v) is 6.91. The van der Waals surface area contributed by atoms with Gasteiger partial charge in [-0.3, -0.25) is 0 Å². The Morgan fingerprint density at radius 1 is 1.10 bits per heavy atom. The molecule has 158 valence electrons. The molecule has 7 heteroatoms. The highest BCUT2D eigenvalue weighted by Gasteiger charge is 2.10. The largest absolute Gasteiger partial charge is 0.493 e. The van der Waals surface area contributed by atoms with Gasteiger partial charge in [-0.05, 0) is 37.1 Å². The van der Waals surface area contributed by atoms with Gasteiger partial charge in [-0.25, -0.2) is 9.98 Å². The van der Waals surface area contributed by atoms with Crippen molar-refractivity contribution >= 4 is 11.8 Å². The molecule has 7 nitrogen and oxygen atoms in total. The third-order valence-electron chi connectivity index (χ3n) is 4.57. The van der Waals surface area contributed by atoms with Crippen molar-refractivity contribution in [2.24, 2.45) is 4.99 Å². The molecule has 1 aromatic heterocycles. The van der Waals surface area contributed by atoms with Crippen LogP contribution < -0.4 is 19.7 Å². The number of likely N-dealkylation sites (N-methyl/N-ethyl adjacent to an activating group) is 1. The number of aromatic nitrogens is 1. The molecule has 0 amide bonds. The molecule has 0 bridgehead atoms. The first-order chi connectivity index (χ1) is 14.0. The molecule has 0 aliphatic rings. The van der Waals surface area contributed by atoms with Crippen molar-refractivity contribution in [3.63, 3.8) is 0 Å². The Morgan fingerprint density at radius 2 is 1.86 bits per heavy atom. The van der Waals surface area contributed by atoms with Crippen LogP contribution in [0.3, 0.4) is 0 Å². The van der Waals surface area contributed by atoms with E-state index in [0.717, 1.165) is 48.4 Å². The lowest BCUT2D eigenvalue weighted by Crippen LogP contribution is -2.40. The Kier molecular flexibility index (Phi) is 8.58. The number of anilines is 1. The van der Waals surface area contributed by atoms with Gasteiger partial charge in [0.25, 0.3) is 0 Å². The summed E-state index contributed by atoms with van der Waals surface area (Å²) in [4.78, 5) is 13.4. The van der Waals surface area contributed by atoms with E-state index >= 15 is 0 Å². The maximum atomic E-state index is 5.40. The van der Waals surface area contributed by atoms with Gasteiger partial charge in [-0.15, -0.1) is 0 Å². The summed E-state index contributed by atoms with van der Waals surface area (Å²) in [6.07, 6.45) is 2.68. The van der Waals surface area contributed by atoms with Crippen molar-refractivity contribution < 1.29 is 9.47 Å². The molecule has 1 N–H and O–H groups in total. The van der Waals surface area contributed by atoms with E-state index in [1.165, 1.54) is 5.56 Å². The molecule has 1 aromatic carbocycles. The minimum Gasteiger partial charge on any atom is -0.493 e. The van der Waals surface area contributed by atoms with Crippen molar-refractivity contribution in [3.05, 3.63) is 47.7 Å². The zero-order valence-corrected chi connectivity index (χ0v) is 18.4. The summed E-state index contributed by atoms with van der Waals surface area (Å²) in [7, 11) is 9.35. The topological polar surface area (TPSA) is 62.2 Å². The average Bonchev–Trinajstić information content (AvgIpc) is 2.74. The van der Waals surface area contributed by atoms with Gasteiger partial charge in [0.1, 0.15) is 5.82 Å². The maximum absolute atomic E-state index is 5.40. The van der Waals surface area contributed by atoms with Gasteiger partial charge in [0, 0.05) is 46.0 Å². The number of hydrogen-bond acceptors (Lipinski definition) is 5. The molecule has 0 aliphatic carbocycles. The Hall–Kier alpha value is -2.96. The molecule has 29 heavy (non-hydrogen) atoms. The number of rotatable bonds is 9. The Balaban J connectivity index is 2.07. The summed E-state index contributed by atoms with van der Waals surface area (Å²) in [6, 6.07) is 10.1. The van der Waals surface area contributed by atoms with Crippen LogP contribution in [0.4, 0.5) is 5.82 Å². The predicted octanol–water partition coefficient (Wildman–Crippen LogP) is 2.80. The molecule has 0 saturated carbocycles. The summed E-state index contributed by atoms with van der Waals surface area (Å²) in [5.74, 6) is 3.32. The summed E-state index contributed by atoms with van der Waals surface area (Å²) < 4.78 is 10.7. The molecule has 0 aliphatic heterocycles. The standard InChI is InChI=1S/C22H33N5O2/c1-7-23-22(25-16-18-9-8-13-24-21(18)26(2)3)27(4)14-12-17-10-11-19(28-5)20(15-17)29-6/h8-11,13,15H,7,12,14,16H2,1-6H3,(H,23,25). The first-order valence-corrected chi connectivity index (χ1v) is 9.81. The molecule has 0 atom stereocenters. The predicted molar refractivity (Wildman–Crippen MR) is 119 cm³/mol. The fourth-order valence-electron chi connectivity index (χ4n) is 3.02. The Bertz CT molecular complexity index is 808. The maximum Gasteiger partial charge on any atom is 0.193 e. The first kappa shape index (κ1) is 22.3. The molecular formula is C22H33N5O2. The smallest absolute Gasteiger partial charge is 0.193 e. The molecule has 0 radical (unpaired) electrons. The first-order valence-electron chi connectivity index (χ1n) is 9.81. The van der Waals surface area contributed by atoms with Gasteiger partial charge in [-0.1, -0.05) is 12.1 Å². The van der Waals surface area contributed by atoms with E-state index in [-0.39, 0.29) is 0 Å². The van der Waals surface area contributed by atoms with E-state index in [0.29, 0.717) is 6.54 Å². The highest BCUT2D eigenvalue weighted by molar-refractivity contribution is 5.79. The van der Waals surface area contributed by atoms with Crippen molar-refractivity contribution in [3.8, 4) is 11.5 Å². The van der Waals surface area contributed by atoms with Crippen molar-refractivity contribution in [2.45, 2.75) is 19.9 Å². The normalized spacial score (nSPS) is 11.2. The lowest BCUT2D eigenvalue weighted by Gasteiger charge is -2.23. The number of nitrogens with one attached hydrogen (secondary N) is 1. The van der Waals surface area contributed by atoms with Gasteiger partial charge >= 0.3 is 0 Å². The van der Waals surface area contributed by atoms with E-state index in [2.05, 4.69) is 41.3 Å². The number of ether oxygens (including phenoxy) is 2. The van der Waals surface area contributed by atoms with Crippen LogP contribution in [0.5, 0.6) is 11.5 Å². The lowest BCUT2D eigenvalue weighted by atomic mass is 10.1. The summed E-state index contributed by atoms with van der Waals surface area (Å²) in [5, 5.41) is 3.38. The molecule has 0 saturated heterocycles. The van der Waals surface area contributed by atoms with Crippen LogP contribution in [0.2, 0.25) is 0 Å². The molecule has 0 fully saturated rings. The van der Waals surface area contributed by atoms with E-state index in [4.69, 9.17) is 14.5 Å². The Labute approximate surface area is 174 Å². The zero-order chi connectivity index (χ0) is 21.2. The number of guanidine groups is 1. The van der Waals surface area contributed by atoms with Crippen LogP contribution in [-0.4, -0.2) is 64.3 Å². The van der Waals surface area contributed by atoms with Gasteiger partial charge in [-0.2, -0.15) is 0 Å². The monoisotopic (exact) mass is 399 g/mol. The Morgan fingerprint density at radius 3 is 2.52 bits per heavy atom. The third kappa shape index (κ3) is 6.27. The average molecular weight is 400 g/mol. The van der Waals surface area contributed by atoms with Crippen molar-refractivity contribution in [1.29, 1.82) is 0 Å². The summed E-state index contributed by atoms with van der Waals surface area (Å²) in [5.41, 5.74) is 2.29. The van der Waals surface area contributed by atoms with E-state index in [1.54, 1.807) is 14.2 Å². The van der Waals surface area contributed by atoms with Gasteiger partial charge < -0.3 is 24.6 Å². The summed E-state index contributed by atoms with van der Waals surface area (Å²) in [6.45, 7) is 4.29. The van der Waals surface area contributed by atoms with Crippen LogP contribution in [0.15, 0.2) is 41.5 Å². The molecule has 2 rings (SSSR count). The number of nitrogens with zero attached hydrogens (tertiary/aromatic N) is 4. The van der Waals surface area contributed by atoms with E-state index in [9.17, 15) is 0 Å². The quantitative estimate of drug-likeness (QED) is 0.517. The highest BCUT2D eigenvalue weighted by Crippen LogP contribution is 2.27. The molecule has 1 heterocycles. The van der Waals surface area contributed by atoms with Crippen LogP contribution in [0, 0.1) is 0 Å². The van der Waals surface area contributed by atoms with Gasteiger partial charge in [0.2, 0.25) is 0 Å². The fraction of sp³-hybridized carbons (Fsp3) is 0.455. The van der Waals surface area contributed by atoms with E-state index < -0.39 is 0 Å². The fourth-order valence-corrected chi connectivity index (χ4v) is 3.02. The van der Waals surface area contributed by atoms with Crippen molar-refractivity contribution in [1.82, 2.24) is 15.2 Å². The number of methoxy groups -OCH3 is 2. The SMILES string of the molecule is CCNC(=NCc1cccnc1N(C)C)N(C)CCc1ccc(OC)c(OC)c1. The zero-order valence-electron chi connectivity index (χ0n) is 18.4. The van der Waals surface area contributed by atoms with Crippen LogP contribution in [0.1, 0.15) is 18.1 Å². The minimum absolute atomic E-state index is 0.574. The van der Waals surface area contributed by atoms with Crippen LogP contribution >= 0.6 is 0 Å². The second kappa shape index (κ2) is 11.1. The van der Waals surface area contributed by atoms with Crippen LogP contribution in [0.25, 0.3) is 0 Å². The third-order valence-corrected chi connectivity index (χ3v) is 4.57. The molecule has 0 spiro atoms. The van der Waals surface area contributed by atoms with Crippen LogP contribution in [-0.2, 0) is 13.0 Å². The highest BCUT2D eigenvalue weighted by atomic mass is 16.5. The number of pyridine rings is 1. The van der Waals surface area contributed by atoms with Gasteiger partial charge in [0.05, 0.1) is 20.8 Å².